The minimum absolute atomic E-state index is 0.0457. The number of benzene rings is 3. The molecule has 0 bridgehead atoms. The molecular formula is C25H22N6O3S. The Bertz CT molecular complexity index is 1380. The Balaban J connectivity index is 1.49. The molecule has 0 aliphatic carbocycles. The predicted molar refractivity (Wildman–Crippen MR) is 136 cm³/mol. The summed E-state index contributed by atoms with van der Waals surface area (Å²) in [5.74, 6) is 0.400. The number of nitrogens with one attached hydrogen (secondary N) is 1. The van der Waals surface area contributed by atoms with Crippen molar-refractivity contribution < 1.29 is 9.72 Å². The molecule has 3 aromatic carbocycles. The average molecular weight is 487 g/mol. The average Bonchev–Trinajstić information content (AvgIpc) is 3.28. The quantitative estimate of drug-likeness (QED) is 0.167. The van der Waals surface area contributed by atoms with Crippen LogP contribution in [0.4, 0.5) is 5.69 Å². The van der Waals surface area contributed by atoms with Crippen molar-refractivity contribution in [2.24, 2.45) is 5.10 Å². The second-order valence-electron chi connectivity index (χ2n) is 7.78. The number of hydrogen-bond donors (Lipinski definition) is 1. The number of hydrazone groups is 1. The van der Waals surface area contributed by atoms with E-state index in [1.54, 1.807) is 12.1 Å². The maximum absolute atomic E-state index is 12.4. The number of carbonyl (C=O) groups is 1. The summed E-state index contributed by atoms with van der Waals surface area (Å²) in [5, 5.41) is 24.1. The van der Waals surface area contributed by atoms with E-state index in [-0.39, 0.29) is 17.3 Å². The van der Waals surface area contributed by atoms with Crippen molar-refractivity contribution in [3.05, 3.63) is 99.6 Å². The van der Waals surface area contributed by atoms with E-state index in [9.17, 15) is 14.9 Å². The van der Waals surface area contributed by atoms with E-state index in [1.165, 1.54) is 30.1 Å². The highest BCUT2D eigenvalue weighted by Gasteiger charge is 2.17. The minimum atomic E-state index is -0.485. The highest BCUT2D eigenvalue weighted by atomic mass is 32.2. The molecule has 1 heterocycles. The molecule has 35 heavy (non-hydrogen) atoms. The molecule has 1 aromatic heterocycles. The maximum atomic E-state index is 12.4. The number of nitro groups is 1. The number of amides is 1. The Morgan fingerprint density at radius 2 is 1.74 bits per heavy atom. The van der Waals surface area contributed by atoms with Gasteiger partial charge >= 0.3 is 0 Å². The molecule has 0 saturated heterocycles. The first-order chi connectivity index (χ1) is 16.9. The van der Waals surface area contributed by atoms with E-state index >= 15 is 0 Å². The van der Waals surface area contributed by atoms with Crippen LogP contribution in [0.1, 0.15) is 16.7 Å². The summed E-state index contributed by atoms with van der Waals surface area (Å²) < 4.78 is 1.93. The van der Waals surface area contributed by atoms with Crippen LogP contribution in [0.2, 0.25) is 0 Å². The van der Waals surface area contributed by atoms with Gasteiger partial charge in [0, 0.05) is 28.9 Å². The maximum Gasteiger partial charge on any atom is 0.270 e. The lowest BCUT2D eigenvalue weighted by Crippen LogP contribution is -2.20. The van der Waals surface area contributed by atoms with Crippen LogP contribution in [-0.2, 0) is 4.79 Å². The third kappa shape index (κ3) is 5.98. The molecule has 4 aromatic rings. The second-order valence-corrected chi connectivity index (χ2v) is 8.72. The number of rotatable bonds is 8. The smallest absolute Gasteiger partial charge is 0.270 e. The number of nitro benzene ring substituents is 1. The van der Waals surface area contributed by atoms with Gasteiger partial charge in [0.25, 0.3) is 11.6 Å². The van der Waals surface area contributed by atoms with Crippen LogP contribution in [-0.4, -0.2) is 37.6 Å². The zero-order valence-corrected chi connectivity index (χ0v) is 19.9. The van der Waals surface area contributed by atoms with E-state index < -0.39 is 4.92 Å². The van der Waals surface area contributed by atoms with Gasteiger partial charge in [-0.3, -0.25) is 19.5 Å². The van der Waals surface area contributed by atoms with Gasteiger partial charge in [-0.05, 0) is 26.0 Å². The first-order valence-electron chi connectivity index (χ1n) is 10.7. The zero-order valence-electron chi connectivity index (χ0n) is 19.1. The summed E-state index contributed by atoms with van der Waals surface area (Å²) in [6, 6.07) is 22.0. The summed E-state index contributed by atoms with van der Waals surface area (Å²) >= 11 is 1.24. The lowest BCUT2D eigenvalue weighted by atomic mass is 10.1. The summed E-state index contributed by atoms with van der Waals surface area (Å²) in [6.45, 7) is 4.04. The van der Waals surface area contributed by atoms with Gasteiger partial charge in [0.2, 0.25) is 0 Å². The van der Waals surface area contributed by atoms with Crippen LogP contribution in [0, 0.1) is 24.0 Å². The largest absolute Gasteiger partial charge is 0.272 e. The third-order valence-corrected chi connectivity index (χ3v) is 5.98. The first-order valence-corrected chi connectivity index (χ1v) is 11.7. The van der Waals surface area contributed by atoms with Crippen molar-refractivity contribution in [1.29, 1.82) is 0 Å². The van der Waals surface area contributed by atoms with Gasteiger partial charge < -0.3 is 0 Å². The van der Waals surface area contributed by atoms with E-state index in [2.05, 4.69) is 20.7 Å². The normalized spacial score (nSPS) is 11.0. The molecule has 9 nitrogen and oxygen atoms in total. The predicted octanol–water partition coefficient (Wildman–Crippen LogP) is 4.70. The minimum Gasteiger partial charge on any atom is -0.272 e. The topological polar surface area (TPSA) is 115 Å². The molecule has 1 amide bonds. The molecule has 0 unspecified atom stereocenters. The van der Waals surface area contributed by atoms with Crippen molar-refractivity contribution in [3.8, 4) is 17.1 Å². The first kappa shape index (κ1) is 23.8. The van der Waals surface area contributed by atoms with Crippen LogP contribution >= 0.6 is 11.8 Å². The number of nitrogens with zero attached hydrogens (tertiary/aromatic N) is 5. The molecule has 1 N–H and O–H groups in total. The van der Waals surface area contributed by atoms with Crippen LogP contribution in [0.15, 0.2) is 83.1 Å². The SMILES string of the molecule is Cc1ccc(-c2nnc(SCC(=O)N/N=C\c3cccc([N+](=O)[O-])c3)n2-c2ccc(C)cc2)cc1. The molecule has 0 aliphatic heterocycles. The van der Waals surface area contributed by atoms with Crippen molar-refractivity contribution in [2.75, 3.05) is 5.75 Å². The Labute approximate surface area is 206 Å². The van der Waals surface area contributed by atoms with Crippen molar-refractivity contribution >= 4 is 29.6 Å². The molecule has 4 rings (SSSR count). The van der Waals surface area contributed by atoms with Crippen LogP contribution in [0.5, 0.6) is 0 Å². The molecule has 0 spiro atoms. The fraction of sp³-hybridized carbons (Fsp3) is 0.120. The fourth-order valence-corrected chi connectivity index (χ4v) is 3.98. The van der Waals surface area contributed by atoms with Gasteiger partial charge in [0.1, 0.15) is 0 Å². The van der Waals surface area contributed by atoms with E-state index in [1.807, 2.05) is 66.9 Å². The van der Waals surface area contributed by atoms with E-state index in [0.717, 1.165) is 22.4 Å². The molecule has 0 saturated carbocycles. The lowest BCUT2D eigenvalue weighted by molar-refractivity contribution is -0.384. The molecule has 0 radical (unpaired) electrons. The number of aryl methyl sites for hydroxylation is 2. The number of hydrogen-bond acceptors (Lipinski definition) is 7. The highest BCUT2D eigenvalue weighted by Crippen LogP contribution is 2.28. The standard InChI is InChI=1S/C25H22N6O3S/c1-17-6-10-20(11-7-17)24-28-29-25(30(24)21-12-8-18(2)9-13-21)35-16-23(32)27-26-15-19-4-3-5-22(14-19)31(33)34/h3-15H,16H2,1-2H3,(H,27,32)/b26-15-. The number of aromatic nitrogens is 3. The van der Waals surface area contributed by atoms with Crippen LogP contribution in [0.3, 0.4) is 0 Å². The monoisotopic (exact) mass is 486 g/mol. The molecule has 0 atom stereocenters. The van der Waals surface area contributed by atoms with Crippen LogP contribution in [0.25, 0.3) is 17.1 Å². The zero-order chi connectivity index (χ0) is 24.8. The third-order valence-electron chi connectivity index (χ3n) is 5.05. The molecular weight excluding hydrogens is 464 g/mol. The Morgan fingerprint density at radius 1 is 1.06 bits per heavy atom. The Morgan fingerprint density at radius 3 is 2.43 bits per heavy atom. The van der Waals surface area contributed by atoms with Crippen molar-refractivity contribution in [1.82, 2.24) is 20.2 Å². The number of carbonyl (C=O) groups excluding carboxylic acids is 1. The van der Waals surface area contributed by atoms with Gasteiger partial charge in [-0.25, -0.2) is 5.43 Å². The molecule has 0 aliphatic rings. The summed E-state index contributed by atoms with van der Waals surface area (Å²) in [7, 11) is 0. The summed E-state index contributed by atoms with van der Waals surface area (Å²) in [6.07, 6.45) is 1.36. The van der Waals surface area contributed by atoms with Crippen molar-refractivity contribution in [3.63, 3.8) is 0 Å². The number of thioether (sulfide) groups is 1. The molecule has 10 heteroatoms. The lowest BCUT2D eigenvalue weighted by Gasteiger charge is -2.11. The van der Waals surface area contributed by atoms with Gasteiger partial charge in [-0.15, -0.1) is 10.2 Å². The van der Waals surface area contributed by atoms with Crippen molar-refractivity contribution in [2.45, 2.75) is 19.0 Å². The van der Waals surface area contributed by atoms with Gasteiger partial charge in [0.15, 0.2) is 11.0 Å². The van der Waals surface area contributed by atoms with E-state index in [0.29, 0.717) is 16.5 Å². The Hall–Kier alpha value is -4.31. The van der Waals surface area contributed by atoms with E-state index in [4.69, 9.17) is 0 Å². The highest BCUT2D eigenvalue weighted by molar-refractivity contribution is 7.99. The van der Waals surface area contributed by atoms with Crippen LogP contribution < -0.4 is 5.43 Å². The van der Waals surface area contributed by atoms with Gasteiger partial charge in [-0.1, -0.05) is 71.4 Å². The summed E-state index contributed by atoms with van der Waals surface area (Å²) in [4.78, 5) is 22.8. The van der Waals surface area contributed by atoms with Gasteiger partial charge in [0.05, 0.1) is 16.9 Å². The second kappa shape index (κ2) is 10.7. The molecule has 176 valence electrons. The molecule has 0 fully saturated rings. The number of non-ortho nitro benzene ring substituents is 1. The van der Waals surface area contributed by atoms with Gasteiger partial charge in [-0.2, -0.15) is 5.10 Å². The Kier molecular flexibility index (Phi) is 7.32. The fourth-order valence-electron chi connectivity index (χ4n) is 3.24. The summed E-state index contributed by atoms with van der Waals surface area (Å²) in [5.41, 5.74) is 6.99.